The van der Waals surface area contributed by atoms with Crippen molar-refractivity contribution >= 4 is 16.9 Å². The normalized spacial score (nSPS) is 11.4. The highest BCUT2D eigenvalue weighted by atomic mass is 16.4. The zero-order valence-electron chi connectivity index (χ0n) is 13.2. The molecule has 0 aliphatic carbocycles. The van der Waals surface area contributed by atoms with Gasteiger partial charge in [-0.3, -0.25) is 9.58 Å². The number of para-hydroxylation sites is 1. The second kappa shape index (κ2) is 6.26. The van der Waals surface area contributed by atoms with Crippen molar-refractivity contribution in [1.29, 1.82) is 0 Å². The fourth-order valence-electron chi connectivity index (χ4n) is 2.73. The zero-order chi connectivity index (χ0) is 16.4. The van der Waals surface area contributed by atoms with Gasteiger partial charge in [0, 0.05) is 42.3 Å². The third-order valence-corrected chi connectivity index (χ3v) is 3.78. The molecular weight excluding hydrogens is 294 g/mol. The lowest BCUT2D eigenvalue weighted by atomic mass is 10.1. The number of benzene rings is 1. The molecule has 0 atom stereocenters. The maximum atomic E-state index is 11.4. The number of carboxylic acid groups (broad SMARTS) is 1. The summed E-state index contributed by atoms with van der Waals surface area (Å²) in [5, 5.41) is 14.5. The summed E-state index contributed by atoms with van der Waals surface area (Å²) in [5.41, 5.74) is 2.41. The highest BCUT2D eigenvalue weighted by Crippen LogP contribution is 2.27. The molecule has 6 nitrogen and oxygen atoms in total. The molecule has 0 saturated carbocycles. The molecule has 3 aromatic rings. The van der Waals surface area contributed by atoms with Crippen LogP contribution in [0, 0.1) is 0 Å². The molecule has 0 spiro atoms. The number of carboxylic acids is 1. The molecule has 2 aromatic heterocycles. The van der Waals surface area contributed by atoms with E-state index in [4.69, 9.17) is 4.42 Å². The van der Waals surface area contributed by atoms with Crippen LogP contribution in [0.2, 0.25) is 0 Å². The minimum Gasteiger partial charge on any atom is -0.475 e. The van der Waals surface area contributed by atoms with Crippen LogP contribution in [0.25, 0.3) is 11.0 Å². The zero-order valence-corrected chi connectivity index (χ0v) is 13.2. The van der Waals surface area contributed by atoms with Crippen LogP contribution in [0.5, 0.6) is 0 Å². The molecule has 0 unspecified atom stereocenters. The second-order valence-corrected chi connectivity index (χ2v) is 5.59. The highest BCUT2D eigenvalue weighted by Gasteiger charge is 2.20. The number of aryl methyl sites for hydroxylation is 1. The Morgan fingerprint density at radius 3 is 2.83 bits per heavy atom. The fraction of sp³-hybridized carbons (Fsp3) is 0.294. The Labute approximate surface area is 133 Å². The van der Waals surface area contributed by atoms with Gasteiger partial charge >= 0.3 is 5.97 Å². The van der Waals surface area contributed by atoms with E-state index in [0.717, 1.165) is 17.5 Å². The molecule has 1 N–H and O–H groups in total. The lowest BCUT2D eigenvalue weighted by molar-refractivity contribution is 0.0662. The van der Waals surface area contributed by atoms with Crippen molar-refractivity contribution < 1.29 is 14.3 Å². The van der Waals surface area contributed by atoms with Gasteiger partial charge in [-0.2, -0.15) is 5.10 Å². The van der Waals surface area contributed by atoms with E-state index in [9.17, 15) is 9.90 Å². The molecule has 0 aliphatic rings. The quantitative estimate of drug-likeness (QED) is 0.757. The Hall–Kier alpha value is -2.60. The summed E-state index contributed by atoms with van der Waals surface area (Å²) >= 11 is 0. The summed E-state index contributed by atoms with van der Waals surface area (Å²) in [6, 6.07) is 7.41. The summed E-state index contributed by atoms with van der Waals surface area (Å²) in [6.45, 7) is 4.06. The van der Waals surface area contributed by atoms with E-state index in [1.807, 2.05) is 49.2 Å². The molecule has 120 valence electrons. The Morgan fingerprint density at radius 1 is 1.35 bits per heavy atom. The largest absolute Gasteiger partial charge is 0.475 e. The van der Waals surface area contributed by atoms with Crippen LogP contribution >= 0.6 is 0 Å². The predicted molar refractivity (Wildman–Crippen MR) is 86.2 cm³/mol. The van der Waals surface area contributed by atoms with Crippen molar-refractivity contribution in [3.63, 3.8) is 0 Å². The van der Waals surface area contributed by atoms with Crippen LogP contribution in [0.4, 0.5) is 0 Å². The van der Waals surface area contributed by atoms with E-state index >= 15 is 0 Å². The van der Waals surface area contributed by atoms with E-state index in [0.29, 0.717) is 24.2 Å². The Kier molecular flexibility index (Phi) is 4.16. The molecule has 23 heavy (non-hydrogen) atoms. The van der Waals surface area contributed by atoms with Gasteiger partial charge in [0.05, 0.1) is 6.20 Å². The maximum Gasteiger partial charge on any atom is 0.372 e. The summed E-state index contributed by atoms with van der Waals surface area (Å²) in [4.78, 5) is 13.5. The van der Waals surface area contributed by atoms with Crippen molar-refractivity contribution in [3.8, 4) is 0 Å². The number of nitrogens with zero attached hydrogens (tertiary/aromatic N) is 3. The number of aromatic nitrogens is 2. The van der Waals surface area contributed by atoms with E-state index < -0.39 is 5.97 Å². The van der Waals surface area contributed by atoms with Gasteiger partial charge in [0.1, 0.15) is 5.58 Å². The Morgan fingerprint density at radius 2 is 2.13 bits per heavy atom. The minimum absolute atomic E-state index is 0.0160. The molecular formula is C17H19N3O3. The van der Waals surface area contributed by atoms with Gasteiger partial charge in [0.25, 0.3) is 0 Å². The van der Waals surface area contributed by atoms with Gasteiger partial charge in [0.15, 0.2) is 0 Å². The molecule has 0 bridgehead atoms. The lowest BCUT2D eigenvalue weighted by Gasteiger charge is -2.15. The van der Waals surface area contributed by atoms with Crippen molar-refractivity contribution in [1.82, 2.24) is 14.7 Å². The third kappa shape index (κ3) is 3.12. The molecule has 0 saturated heterocycles. The van der Waals surface area contributed by atoms with E-state index in [2.05, 4.69) is 10.00 Å². The summed E-state index contributed by atoms with van der Waals surface area (Å²) in [5.74, 6) is -1.02. The molecule has 1 aromatic carbocycles. The Bertz CT molecular complexity index is 835. The third-order valence-electron chi connectivity index (χ3n) is 3.78. The van der Waals surface area contributed by atoms with Gasteiger partial charge in [0.2, 0.25) is 5.76 Å². The number of hydrogen-bond acceptors (Lipinski definition) is 4. The second-order valence-electron chi connectivity index (χ2n) is 5.59. The lowest BCUT2D eigenvalue weighted by Crippen LogP contribution is -2.18. The topological polar surface area (TPSA) is 71.5 Å². The van der Waals surface area contributed by atoms with Crippen LogP contribution < -0.4 is 0 Å². The summed E-state index contributed by atoms with van der Waals surface area (Å²) in [7, 11) is 1.96. The molecule has 3 rings (SSSR count). The first-order valence-corrected chi connectivity index (χ1v) is 7.52. The van der Waals surface area contributed by atoms with Crippen LogP contribution in [0.1, 0.15) is 28.6 Å². The van der Waals surface area contributed by atoms with Gasteiger partial charge in [-0.15, -0.1) is 0 Å². The molecule has 6 heteroatoms. The Balaban J connectivity index is 1.85. The molecule has 2 heterocycles. The number of furan rings is 1. The minimum atomic E-state index is -1.04. The van der Waals surface area contributed by atoms with Crippen molar-refractivity contribution in [2.75, 3.05) is 7.05 Å². The predicted octanol–water partition coefficient (Wildman–Crippen LogP) is 2.98. The average Bonchev–Trinajstić information content (AvgIpc) is 3.12. The standard InChI is InChI=1S/C17H19N3O3/c1-3-20-10-12(8-18-20)9-19(2)11-14-13-6-4-5-7-15(13)23-16(14)17(21)22/h4-8,10H,3,9,11H2,1-2H3,(H,21,22). The smallest absolute Gasteiger partial charge is 0.372 e. The van der Waals surface area contributed by atoms with Gasteiger partial charge in [-0.1, -0.05) is 18.2 Å². The van der Waals surface area contributed by atoms with Crippen LogP contribution in [0.3, 0.4) is 0 Å². The number of rotatable bonds is 6. The molecule has 0 amide bonds. The van der Waals surface area contributed by atoms with Gasteiger partial charge in [-0.05, 0) is 20.0 Å². The van der Waals surface area contributed by atoms with E-state index in [-0.39, 0.29) is 5.76 Å². The van der Waals surface area contributed by atoms with Crippen LogP contribution in [-0.2, 0) is 19.6 Å². The fourth-order valence-corrected chi connectivity index (χ4v) is 2.73. The number of carbonyl (C=O) groups is 1. The monoisotopic (exact) mass is 313 g/mol. The number of aromatic carboxylic acids is 1. The maximum absolute atomic E-state index is 11.4. The average molecular weight is 313 g/mol. The van der Waals surface area contributed by atoms with Crippen molar-refractivity contribution in [2.24, 2.45) is 0 Å². The molecule has 0 aliphatic heterocycles. The van der Waals surface area contributed by atoms with Crippen molar-refractivity contribution in [2.45, 2.75) is 26.6 Å². The first kappa shape index (κ1) is 15.3. The summed E-state index contributed by atoms with van der Waals surface area (Å²) in [6.07, 6.45) is 3.84. The first-order valence-electron chi connectivity index (χ1n) is 7.52. The van der Waals surface area contributed by atoms with E-state index in [1.54, 1.807) is 6.07 Å². The van der Waals surface area contributed by atoms with Gasteiger partial charge < -0.3 is 9.52 Å². The first-order chi connectivity index (χ1) is 11.1. The van der Waals surface area contributed by atoms with Crippen LogP contribution in [-0.4, -0.2) is 32.8 Å². The van der Waals surface area contributed by atoms with Crippen molar-refractivity contribution in [3.05, 3.63) is 53.5 Å². The van der Waals surface area contributed by atoms with Crippen LogP contribution in [0.15, 0.2) is 41.1 Å². The number of hydrogen-bond donors (Lipinski definition) is 1. The molecule has 0 radical (unpaired) electrons. The highest BCUT2D eigenvalue weighted by molar-refractivity contribution is 5.95. The number of fused-ring (bicyclic) bond motifs is 1. The SMILES string of the molecule is CCn1cc(CN(C)Cc2c(C(=O)O)oc3ccccc23)cn1. The molecule has 0 fully saturated rings. The van der Waals surface area contributed by atoms with Gasteiger partial charge in [-0.25, -0.2) is 4.79 Å². The summed E-state index contributed by atoms with van der Waals surface area (Å²) < 4.78 is 7.36. The van der Waals surface area contributed by atoms with E-state index in [1.165, 1.54) is 0 Å².